The molecule has 3 aromatic rings. The van der Waals surface area contributed by atoms with Gasteiger partial charge in [-0.25, -0.2) is 13.4 Å². The van der Waals surface area contributed by atoms with Gasteiger partial charge < -0.3 is 9.47 Å². The first kappa shape index (κ1) is 23.1. The fourth-order valence-corrected chi connectivity index (χ4v) is 4.12. The second kappa shape index (κ2) is 8.90. The van der Waals surface area contributed by atoms with E-state index in [-0.39, 0.29) is 32.3 Å². The van der Waals surface area contributed by atoms with Crippen molar-refractivity contribution in [2.75, 3.05) is 11.8 Å². The second-order valence-electron chi connectivity index (χ2n) is 7.59. The van der Waals surface area contributed by atoms with E-state index in [1.54, 1.807) is 36.4 Å². The topological polar surface area (TPSA) is 90.4 Å². The van der Waals surface area contributed by atoms with Crippen molar-refractivity contribution in [3.05, 3.63) is 64.5 Å². The van der Waals surface area contributed by atoms with Gasteiger partial charge in [0.15, 0.2) is 22.5 Å². The normalized spacial score (nSPS) is 11.8. The van der Waals surface area contributed by atoms with E-state index in [0.29, 0.717) is 11.5 Å². The van der Waals surface area contributed by atoms with E-state index in [9.17, 15) is 8.42 Å². The van der Waals surface area contributed by atoms with Crippen LogP contribution in [-0.4, -0.2) is 25.5 Å². The van der Waals surface area contributed by atoms with Crippen LogP contribution in [0, 0.1) is 0 Å². The molecule has 0 unspecified atom stereocenters. The predicted octanol–water partition coefficient (Wildman–Crippen LogP) is 5.68. The van der Waals surface area contributed by atoms with Crippen molar-refractivity contribution in [2.24, 2.45) is 0 Å². The second-order valence-corrected chi connectivity index (χ2v) is 9.97. The Morgan fingerprint density at radius 1 is 0.935 bits per heavy atom. The lowest BCUT2D eigenvalue weighted by atomic mass is 9.87. The highest BCUT2D eigenvalue weighted by Gasteiger charge is 2.23. The highest BCUT2D eigenvalue weighted by molar-refractivity contribution is 7.92. The molecule has 1 aromatic heterocycles. The minimum atomic E-state index is -4.01. The van der Waals surface area contributed by atoms with Crippen LogP contribution in [0.2, 0.25) is 10.4 Å². The lowest BCUT2D eigenvalue weighted by molar-refractivity contribution is 0.378. The summed E-state index contributed by atoms with van der Waals surface area (Å²) in [6.07, 6.45) is 0. The van der Waals surface area contributed by atoms with Crippen LogP contribution < -0.4 is 14.2 Å². The van der Waals surface area contributed by atoms with Gasteiger partial charge in [-0.2, -0.15) is 4.98 Å². The molecule has 0 radical (unpaired) electrons. The largest absolute Gasteiger partial charge is 0.493 e. The van der Waals surface area contributed by atoms with Crippen molar-refractivity contribution in [3.63, 3.8) is 0 Å². The van der Waals surface area contributed by atoms with Gasteiger partial charge in [0.1, 0.15) is 0 Å². The monoisotopic (exact) mass is 481 g/mol. The fourth-order valence-electron chi connectivity index (χ4n) is 2.69. The smallest absolute Gasteiger partial charge is 0.263 e. The van der Waals surface area contributed by atoms with Crippen LogP contribution in [0.4, 0.5) is 5.82 Å². The Morgan fingerprint density at radius 3 is 2.13 bits per heavy atom. The first-order valence-electron chi connectivity index (χ1n) is 9.18. The van der Waals surface area contributed by atoms with Gasteiger partial charge >= 0.3 is 0 Å². The molecule has 0 aliphatic carbocycles. The quantitative estimate of drug-likeness (QED) is 0.359. The number of hydrogen-bond acceptors (Lipinski definition) is 6. The summed E-state index contributed by atoms with van der Waals surface area (Å²) in [6, 6.07) is 13.4. The molecule has 164 valence electrons. The molecular formula is C21H21Cl2N3O4S. The number of para-hydroxylation sites is 2. The van der Waals surface area contributed by atoms with Crippen molar-refractivity contribution in [1.82, 2.24) is 9.97 Å². The van der Waals surface area contributed by atoms with Crippen molar-refractivity contribution in [2.45, 2.75) is 31.1 Å². The number of methoxy groups -OCH3 is 1. The molecule has 0 fully saturated rings. The highest BCUT2D eigenvalue weighted by Crippen LogP contribution is 2.39. The minimum Gasteiger partial charge on any atom is -0.493 e. The average Bonchev–Trinajstić information content (AvgIpc) is 2.70. The molecule has 0 aliphatic rings. The van der Waals surface area contributed by atoms with Crippen LogP contribution in [0.15, 0.2) is 53.4 Å². The molecule has 31 heavy (non-hydrogen) atoms. The van der Waals surface area contributed by atoms with E-state index >= 15 is 0 Å². The van der Waals surface area contributed by atoms with Crippen LogP contribution >= 0.6 is 23.2 Å². The number of hydrogen-bond donors (Lipinski definition) is 1. The molecule has 7 nitrogen and oxygen atoms in total. The van der Waals surface area contributed by atoms with Crippen LogP contribution in [-0.2, 0) is 15.4 Å². The highest BCUT2D eigenvalue weighted by atomic mass is 35.5. The first-order valence-corrected chi connectivity index (χ1v) is 11.4. The van der Waals surface area contributed by atoms with Gasteiger partial charge in [0.25, 0.3) is 10.0 Å². The van der Waals surface area contributed by atoms with E-state index < -0.39 is 10.0 Å². The molecule has 0 amide bonds. The minimum absolute atomic E-state index is 0.0506. The van der Waals surface area contributed by atoms with E-state index in [0.717, 1.165) is 5.56 Å². The average molecular weight is 482 g/mol. The molecule has 1 N–H and O–H groups in total. The van der Waals surface area contributed by atoms with Gasteiger partial charge in [-0.1, -0.05) is 56.6 Å². The Hall–Kier alpha value is -2.55. The van der Waals surface area contributed by atoms with Crippen LogP contribution in [0.25, 0.3) is 0 Å². The molecule has 1 heterocycles. The number of aromatic nitrogens is 2. The fraction of sp³-hybridized carbons (Fsp3) is 0.238. The molecular weight excluding hydrogens is 461 g/mol. The maximum absolute atomic E-state index is 13.0. The van der Waals surface area contributed by atoms with E-state index in [1.807, 2.05) is 20.8 Å². The Morgan fingerprint density at radius 2 is 1.55 bits per heavy atom. The van der Waals surface area contributed by atoms with E-state index in [2.05, 4.69) is 14.7 Å². The number of rotatable bonds is 6. The Labute approximate surface area is 191 Å². The first-order chi connectivity index (χ1) is 14.5. The van der Waals surface area contributed by atoms with Crippen molar-refractivity contribution in [1.29, 1.82) is 0 Å². The molecule has 2 aromatic carbocycles. The molecule has 0 atom stereocenters. The van der Waals surface area contributed by atoms with Gasteiger partial charge in [-0.15, -0.1) is 0 Å². The number of ether oxygens (including phenoxy) is 2. The molecule has 3 rings (SSSR count). The van der Waals surface area contributed by atoms with Crippen LogP contribution in [0.1, 0.15) is 26.3 Å². The summed E-state index contributed by atoms with van der Waals surface area (Å²) in [7, 11) is -2.53. The summed E-state index contributed by atoms with van der Waals surface area (Å²) >= 11 is 12.1. The summed E-state index contributed by atoms with van der Waals surface area (Å²) in [4.78, 5) is 7.86. The summed E-state index contributed by atoms with van der Waals surface area (Å²) in [6.45, 7) is 6.13. The number of nitrogens with zero attached hydrogens (tertiary/aromatic N) is 2. The molecule has 0 aliphatic heterocycles. The molecule has 10 heteroatoms. The van der Waals surface area contributed by atoms with Gasteiger partial charge in [-0.3, -0.25) is 4.72 Å². The number of benzene rings is 2. The maximum Gasteiger partial charge on any atom is 0.263 e. The standard InChI is InChI=1S/C21H21Cl2N3O4S/c1-21(2,3)13-9-11-14(12-10-13)31(27,28)26-19-17(18(22)24-20(23)25-19)30-16-8-6-5-7-15(16)29-4/h5-12H,1-4H3,(H,24,25,26). The molecule has 0 saturated carbocycles. The molecule has 0 spiro atoms. The zero-order valence-electron chi connectivity index (χ0n) is 17.3. The van der Waals surface area contributed by atoms with Crippen molar-refractivity contribution < 1.29 is 17.9 Å². The summed E-state index contributed by atoms with van der Waals surface area (Å²) in [5.41, 5.74) is 0.888. The third kappa shape index (κ3) is 5.39. The van der Waals surface area contributed by atoms with Crippen LogP contribution in [0.3, 0.4) is 0 Å². The Bertz CT molecular complexity index is 1190. The zero-order valence-corrected chi connectivity index (χ0v) is 19.6. The zero-order chi connectivity index (χ0) is 22.8. The Balaban J connectivity index is 1.99. The van der Waals surface area contributed by atoms with Gasteiger partial charge in [-0.05, 0) is 46.8 Å². The van der Waals surface area contributed by atoms with Gasteiger partial charge in [0.05, 0.1) is 12.0 Å². The number of halogens is 2. The Kier molecular flexibility index (Phi) is 6.64. The van der Waals surface area contributed by atoms with Crippen molar-refractivity contribution >= 4 is 39.0 Å². The van der Waals surface area contributed by atoms with E-state index in [4.69, 9.17) is 32.7 Å². The lowest BCUT2D eigenvalue weighted by Gasteiger charge is -2.19. The van der Waals surface area contributed by atoms with Gasteiger partial charge in [0.2, 0.25) is 11.0 Å². The summed E-state index contributed by atoms with van der Waals surface area (Å²) in [5, 5.41) is -0.398. The van der Waals surface area contributed by atoms with Crippen molar-refractivity contribution in [3.8, 4) is 17.2 Å². The van der Waals surface area contributed by atoms with Crippen LogP contribution in [0.5, 0.6) is 17.2 Å². The van der Waals surface area contributed by atoms with Gasteiger partial charge in [0, 0.05) is 0 Å². The SMILES string of the molecule is COc1ccccc1Oc1c(Cl)nc(Cl)nc1NS(=O)(=O)c1ccc(C(C)(C)C)cc1. The van der Waals surface area contributed by atoms with E-state index in [1.165, 1.54) is 19.2 Å². The summed E-state index contributed by atoms with van der Waals surface area (Å²) in [5.74, 6) is 0.411. The number of anilines is 1. The number of sulfonamides is 1. The number of nitrogens with one attached hydrogen (secondary N) is 1. The molecule has 0 saturated heterocycles. The molecule has 0 bridgehead atoms. The summed E-state index contributed by atoms with van der Waals surface area (Å²) < 4.78 is 39.4. The maximum atomic E-state index is 13.0. The third-order valence-corrected chi connectivity index (χ3v) is 6.12. The lowest BCUT2D eigenvalue weighted by Crippen LogP contribution is -2.16. The predicted molar refractivity (Wildman–Crippen MR) is 121 cm³/mol. The third-order valence-electron chi connectivity index (χ3n) is 4.34.